The van der Waals surface area contributed by atoms with Gasteiger partial charge in [0.1, 0.15) is 31.0 Å². The second kappa shape index (κ2) is 10.1. The molecule has 0 spiro atoms. The monoisotopic (exact) mass is 468 g/mol. The number of hydrogen-bond acceptors (Lipinski definition) is 12. The number of esters is 1. The van der Waals surface area contributed by atoms with Gasteiger partial charge in [-0.3, -0.25) is 0 Å². The normalized spacial score (nSPS) is 24.9. The lowest BCUT2D eigenvalue weighted by Crippen LogP contribution is -2.60. The topological polar surface area (TPSA) is 207 Å². The molecule has 0 bridgehead atoms. The smallest absolute Gasteiger partial charge is 0.338 e. The van der Waals surface area contributed by atoms with Gasteiger partial charge in [-0.2, -0.15) is 0 Å². The molecule has 0 radical (unpaired) electrons. The van der Waals surface area contributed by atoms with E-state index in [1.54, 1.807) is 6.07 Å². The van der Waals surface area contributed by atoms with Crippen LogP contribution in [0.1, 0.15) is 15.9 Å². The van der Waals surface area contributed by atoms with Crippen LogP contribution in [0.2, 0.25) is 0 Å². The lowest BCUT2D eigenvalue weighted by atomic mass is 9.99. The summed E-state index contributed by atoms with van der Waals surface area (Å²) in [6, 6.07) is 5.97. The largest absolute Gasteiger partial charge is 0.504 e. The fourth-order valence-electron chi connectivity index (χ4n) is 3.19. The van der Waals surface area contributed by atoms with Crippen LogP contribution in [0.25, 0.3) is 0 Å². The molecule has 2 aromatic rings. The van der Waals surface area contributed by atoms with Crippen LogP contribution in [0.4, 0.5) is 0 Å². The molecule has 180 valence electrons. The van der Waals surface area contributed by atoms with Crippen molar-refractivity contribution < 1.29 is 59.9 Å². The highest BCUT2D eigenvalue weighted by Crippen LogP contribution is 2.36. The van der Waals surface area contributed by atoms with Crippen LogP contribution in [-0.2, 0) is 15.9 Å². The van der Waals surface area contributed by atoms with Crippen molar-refractivity contribution >= 4 is 5.97 Å². The quantitative estimate of drug-likeness (QED) is 0.184. The molecule has 0 amide bonds. The molecule has 12 nitrogen and oxygen atoms in total. The standard InChI is InChI=1S/C21H24O12/c22-4-3-9-1-2-14(11(23)5-9)32-21-19(29)18(28)17(27)15(33-21)8-31-20(30)10-6-12(24)16(26)13(25)7-10/h1-2,5-7,15,17-19,21-29H,3-4,8H2/t15-,17-,18+,19-,21-/m0/s1. The van der Waals surface area contributed by atoms with E-state index in [4.69, 9.17) is 19.3 Å². The van der Waals surface area contributed by atoms with Crippen LogP contribution >= 0.6 is 0 Å². The van der Waals surface area contributed by atoms with Crippen LogP contribution in [0, 0.1) is 0 Å². The maximum atomic E-state index is 12.2. The Morgan fingerprint density at radius 1 is 0.909 bits per heavy atom. The summed E-state index contributed by atoms with van der Waals surface area (Å²) in [6.45, 7) is -0.745. The highest BCUT2D eigenvalue weighted by atomic mass is 16.7. The summed E-state index contributed by atoms with van der Waals surface area (Å²) in [6.07, 6.45) is -7.74. The van der Waals surface area contributed by atoms with Gasteiger partial charge in [0, 0.05) is 6.61 Å². The predicted octanol–water partition coefficient (Wildman–Crippen LogP) is -0.913. The fourth-order valence-corrected chi connectivity index (χ4v) is 3.19. The summed E-state index contributed by atoms with van der Waals surface area (Å²) >= 11 is 0. The highest BCUT2D eigenvalue weighted by molar-refractivity contribution is 5.91. The van der Waals surface area contributed by atoms with Gasteiger partial charge in [-0.1, -0.05) is 6.07 Å². The minimum Gasteiger partial charge on any atom is -0.504 e. The van der Waals surface area contributed by atoms with Gasteiger partial charge in [-0.05, 0) is 36.2 Å². The summed E-state index contributed by atoms with van der Waals surface area (Å²) in [5.41, 5.74) is 0.313. The van der Waals surface area contributed by atoms with Crippen molar-refractivity contribution in [2.24, 2.45) is 0 Å². The van der Waals surface area contributed by atoms with Gasteiger partial charge in [0.05, 0.1) is 5.56 Å². The van der Waals surface area contributed by atoms with Gasteiger partial charge in [0.25, 0.3) is 0 Å². The number of ether oxygens (including phenoxy) is 3. The number of carbonyl (C=O) groups excluding carboxylic acids is 1. The number of carbonyl (C=O) groups is 1. The first-order valence-corrected chi connectivity index (χ1v) is 9.83. The average molecular weight is 468 g/mol. The Morgan fingerprint density at radius 3 is 2.18 bits per heavy atom. The molecule has 1 heterocycles. The average Bonchev–Trinajstić information content (AvgIpc) is 2.78. The third-order valence-corrected chi connectivity index (χ3v) is 5.02. The van der Waals surface area contributed by atoms with Crippen LogP contribution in [0.5, 0.6) is 28.7 Å². The molecule has 3 rings (SSSR count). The number of aromatic hydroxyl groups is 4. The number of hydrogen-bond donors (Lipinski definition) is 8. The van der Waals surface area contributed by atoms with E-state index in [9.17, 15) is 40.5 Å². The lowest BCUT2D eigenvalue weighted by Gasteiger charge is -2.39. The summed E-state index contributed by atoms with van der Waals surface area (Å²) in [5, 5.41) is 78.0. The number of aliphatic hydroxyl groups excluding tert-OH is 4. The molecule has 8 N–H and O–H groups in total. The Kier molecular flexibility index (Phi) is 7.46. The summed E-state index contributed by atoms with van der Waals surface area (Å²) in [7, 11) is 0. The summed E-state index contributed by atoms with van der Waals surface area (Å²) < 4.78 is 15.8. The van der Waals surface area contributed by atoms with E-state index < -0.39 is 60.5 Å². The molecule has 1 aliphatic rings. The molecule has 2 aromatic carbocycles. The second-order valence-electron chi connectivity index (χ2n) is 7.37. The number of phenolic OH excluding ortho intramolecular Hbond substituents is 4. The third-order valence-electron chi connectivity index (χ3n) is 5.02. The predicted molar refractivity (Wildman–Crippen MR) is 108 cm³/mol. The molecule has 0 unspecified atom stereocenters. The van der Waals surface area contributed by atoms with Crippen molar-refractivity contribution in [3.05, 3.63) is 41.5 Å². The van der Waals surface area contributed by atoms with Crippen molar-refractivity contribution in [3.63, 3.8) is 0 Å². The minimum atomic E-state index is -1.75. The summed E-state index contributed by atoms with van der Waals surface area (Å²) in [5.74, 6) is -3.79. The Morgan fingerprint density at radius 2 is 1.58 bits per heavy atom. The van der Waals surface area contributed by atoms with Crippen LogP contribution in [-0.4, -0.2) is 90.7 Å². The molecule has 1 saturated heterocycles. The molecule has 0 aliphatic carbocycles. The fraction of sp³-hybridized carbons (Fsp3) is 0.381. The maximum absolute atomic E-state index is 12.2. The van der Waals surface area contributed by atoms with E-state index in [0.717, 1.165) is 12.1 Å². The van der Waals surface area contributed by atoms with Gasteiger partial charge < -0.3 is 55.1 Å². The van der Waals surface area contributed by atoms with Gasteiger partial charge in [-0.15, -0.1) is 0 Å². The zero-order valence-electron chi connectivity index (χ0n) is 17.1. The van der Waals surface area contributed by atoms with Crippen LogP contribution in [0.15, 0.2) is 30.3 Å². The third kappa shape index (κ3) is 5.38. The van der Waals surface area contributed by atoms with Crippen LogP contribution < -0.4 is 4.74 Å². The molecule has 5 atom stereocenters. The lowest BCUT2D eigenvalue weighted by molar-refractivity contribution is -0.277. The number of aliphatic hydroxyl groups is 4. The Labute approximate surface area is 187 Å². The van der Waals surface area contributed by atoms with E-state index in [-0.39, 0.29) is 23.7 Å². The zero-order valence-corrected chi connectivity index (χ0v) is 17.1. The van der Waals surface area contributed by atoms with E-state index in [1.807, 2.05) is 0 Å². The zero-order chi connectivity index (χ0) is 24.3. The van der Waals surface area contributed by atoms with E-state index in [0.29, 0.717) is 12.0 Å². The van der Waals surface area contributed by atoms with Crippen LogP contribution in [0.3, 0.4) is 0 Å². The van der Waals surface area contributed by atoms with Crippen molar-refractivity contribution in [1.29, 1.82) is 0 Å². The van der Waals surface area contributed by atoms with Gasteiger partial charge >= 0.3 is 5.97 Å². The molecular weight excluding hydrogens is 444 g/mol. The molecule has 1 aliphatic heterocycles. The SMILES string of the molecule is O=C(OC[C@@H]1O[C@H](Oc2ccc(CCO)cc2O)[C@@H](O)[C@H](O)[C@H]1O)c1cc(O)c(O)c(O)c1. The first kappa shape index (κ1) is 24.4. The second-order valence-corrected chi connectivity index (χ2v) is 7.37. The van der Waals surface area contributed by atoms with Crippen molar-refractivity contribution in [2.45, 2.75) is 37.1 Å². The van der Waals surface area contributed by atoms with Gasteiger partial charge in [0.15, 0.2) is 28.7 Å². The van der Waals surface area contributed by atoms with Gasteiger partial charge in [0.2, 0.25) is 6.29 Å². The van der Waals surface area contributed by atoms with Crippen molar-refractivity contribution in [2.75, 3.05) is 13.2 Å². The Balaban J connectivity index is 1.68. The first-order valence-electron chi connectivity index (χ1n) is 9.83. The van der Waals surface area contributed by atoms with Crippen molar-refractivity contribution in [1.82, 2.24) is 0 Å². The molecule has 33 heavy (non-hydrogen) atoms. The first-order chi connectivity index (χ1) is 15.6. The molecule has 0 aromatic heterocycles. The minimum absolute atomic E-state index is 0.102. The number of benzene rings is 2. The van der Waals surface area contributed by atoms with E-state index >= 15 is 0 Å². The summed E-state index contributed by atoms with van der Waals surface area (Å²) in [4.78, 5) is 12.2. The highest BCUT2D eigenvalue weighted by Gasteiger charge is 2.45. The van der Waals surface area contributed by atoms with E-state index in [2.05, 4.69) is 0 Å². The van der Waals surface area contributed by atoms with E-state index in [1.165, 1.54) is 12.1 Å². The molecular formula is C21H24O12. The maximum Gasteiger partial charge on any atom is 0.338 e. The van der Waals surface area contributed by atoms with Crippen molar-refractivity contribution in [3.8, 4) is 28.7 Å². The molecule has 0 saturated carbocycles. The Bertz CT molecular complexity index is 970. The van der Waals surface area contributed by atoms with Gasteiger partial charge in [-0.25, -0.2) is 4.79 Å². The Hall–Kier alpha value is -3.29. The molecule has 1 fully saturated rings. The number of phenols is 4. The molecule has 12 heteroatoms. The number of rotatable bonds is 7.